The highest BCUT2D eigenvalue weighted by Gasteiger charge is 2.02. The molecule has 0 saturated heterocycles. The molecule has 2 heteroatoms. The molecule has 10 heavy (non-hydrogen) atoms. The van der Waals surface area contributed by atoms with E-state index in [1.165, 1.54) is 0 Å². The highest BCUT2D eigenvalue weighted by Crippen LogP contribution is 2.27. The van der Waals surface area contributed by atoms with Crippen molar-refractivity contribution in [3.05, 3.63) is 24.3 Å². The Labute approximate surface area is 60.6 Å². The Morgan fingerprint density at radius 2 is 2.30 bits per heavy atom. The third-order valence-electron chi connectivity index (χ3n) is 1.41. The van der Waals surface area contributed by atoms with Gasteiger partial charge in [0.1, 0.15) is 18.0 Å². The van der Waals surface area contributed by atoms with Gasteiger partial charge in [-0.2, -0.15) is 0 Å². The van der Waals surface area contributed by atoms with Crippen molar-refractivity contribution in [2.75, 3.05) is 6.61 Å². The third-order valence-corrected chi connectivity index (χ3v) is 1.41. The predicted molar refractivity (Wildman–Crippen MR) is 41.2 cm³/mol. The maximum absolute atomic E-state index is 5.27. The summed E-state index contributed by atoms with van der Waals surface area (Å²) in [6.45, 7) is 0.594. The molecule has 2 rings (SSSR count). The average molecular weight is 134 g/mol. The fourth-order valence-corrected chi connectivity index (χ4v) is 0.949. The number of benzene rings is 1. The molecule has 0 N–H and O–H groups in total. The molecule has 0 amide bonds. The van der Waals surface area contributed by atoms with Gasteiger partial charge in [-0.3, -0.25) is 4.99 Å². The standard InChI is InChI=1S/C8H7NO/c1-2-4-8-7(3-1)9-5-6-10-8/h1-5H,6H2/p+1. The molecule has 0 fully saturated rings. The quantitative estimate of drug-likeness (QED) is 0.531. The van der Waals surface area contributed by atoms with Crippen molar-refractivity contribution < 1.29 is 6.16 Å². The normalized spacial score (nSPS) is 14.0. The highest BCUT2D eigenvalue weighted by molar-refractivity contribution is 5.70. The molecule has 0 spiro atoms. The number of para-hydroxylation sites is 2. The first kappa shape index (κ1) is 5.47. The summed E-state index contributed by atoms with van der Waals surface area (Å²) < 4.78 is 5.27. The highest BCUT2D eigenvalue weighted by atomic mass is 16.5. The van der Waals surface area contributed by atoms with Crippen molar-refractivity contribution >= 4 is 11.9 Å². The van der Waals surface area contributed by atoms with E-state index in [1.54, 1.807) is 6.21 Å². The lowest BCUT2D eigenvalue weighted by Gasteiger charge is -2.09. The van der Waals surface area contributed by atoms with Crippen LogP contribution in [-0.2, 0) is 0 Å². The van der Waals surface area contributed by atoms with Crippen LogP contribution in [0, 0.1) is 0 Å². The number of hydrogen-bond donors (Lipinski definition) is 0. The minimum absolute atomic E-state index is 0. The van der Waals surface area contributed by atoms with Gasteiger partial charge in [-0.25, -0.2) is 0 Å². The molecule has 0 bridgehead atoms. The van der Waals surface area contributed by atoms with Gasteiger partial charge in [0.2, 0.25) is 0 Å². The first-order valence-corrected chi connectivity index (χ1v) is 3.21. The molecule has 0 saturated carbocycles. The maximum atomic E-state index is 5.27. The fraction of sp³-hybridized carbons (Fsp3) is 0.125. The molecule has 0 aliphatic carbocycles. The first-order chi connectivity index (χ1) is 4.97. The first-order valence-electron chi connectivity index (χ1n) is 3.21. The maximum Gasteiger partial charge on any atom is 1.00 e. The van der Waals surface area contributed by atoms with E-state index in [2.05, 4.69) is 4.99 Å². The number of rotatable bonds is 0. The van der Waals surface area contributed by atoms with E-state index in [4.69, 9.17) is 4.74 Å². The molecule has 1 aromatic rings. The molecular weight excluding hydrogens is 126 g/mol. The smallest absolute Gasteiger partial charge is 0.486 e. The van der Waals surface area contributed by atoms with Crippen LogP contribution in [0.25, 0.3) is 0 Å². The van der Waals surface area contributed by atoms with Gasteiger partial charge < -0.3 is 4.74 Å². The van der Waals surface area contributed by atoms with E-state index in [9.17, 15) is 0 Å². The van der Waals surface area contributed by atoms with Crippen molar-refractivity contribution in [3.63, 3.8) is 0 Å². The summed E-state index contributed by atoms with van der Waals surface area (Å²) in [7, 11) is 0. The number of aliphatic imine (C=N–C) groups is 1. The van der Waals surface area contributed by atoms with E-state index in [-0.39, 0.29) is 1.43 Å². The molecule has 50 valence electrons. The van der Waals surface area contributed by atoms with Crippen molar-refractivity contribution in [1.29, 1.82) is 0 Å². The van der Waals surface area contributed by atoms with Crippen LogP contribution in [0.5, 0.6) is 5.75 Å². The lowest BCUT2D eigenvalue weighted by molar-refractivity contribution is 0.377. The van der Waals surface area contributed by atoms with Crippen molar-refractivity contribution in [2.45, 2.75) is 0 Å². The molecule has 0 atom stereocenters. The van der Waals surface area contributed by atoms with Gasteiger partial charge in [0, 0.05) is 6.21 Å². The van der Waals surface area contributed by atoms with Gasteiger partial charge in [0.05, 0.1) is 0 Å². The monoisotopic (exact) mass is 134 g/mol. The molecule has 0 radical (unpaired) electrons. The Balaban J connectivity index is 0.000000605. The molecule has 2 nitrogen and oxygen atoms in total. The summed E-state index contributed by atoms with van der Waals surface area (Å²) in [6.07, 6.45) is 1.77. The summed E-state index contributed by atoms with van der Waals surface area (Å²) in [4.78, 5) is 4.14. The Morgan fingerprint density at radius 3 is 3.20 bits per heavy atom. The van der Waals surface area contributed by atoms with Crippen LogP contribution in [0.4, 0.5) is 5.69 Å². The number of nitrogens with zero attached hydrogens (tertiary/aromatic N) is 1. The zero-order valence-electron chi connectivity index (χ0n) is 6.45. The SMILES string of the molecule is C1=Nc2ccccc2OC1.[H+]. The third kappa shape index (κ3) is 0.778. The summed E-state index contributed by atoms with van der Waals surface area (Å²) in [5.41, 5.74) is 0.925. The zero-order chi connectivity index (χ0) is 6.81. The van der Waals surface area contributed by atoms with E-state index < -0.39 is 0 Å². The average Bonchev–Trinajstić information content (AvgIpc) is 2.05. The topological polar surface area (TPSA) is 21.6 Å². The zero-order valence-corrected chi connectivity index (χ0v) is 5.45. The van der Waals surface area contributed by atoms with Crippen LogP contribution in [0.15, 0.2) is 29.3 Å². The predicted octanol–water partition coefficient (Wildman–Crippen LogP) is 1.89. The number of fused-ring (bicyclic) bond motifs is 1. The van der Waals surface area contributed by atoms with Crippen molar-refractivity contribution in [2.24, 2.45) is 4.99 Å². The molecular formula is C8H8NO+. The van der Waals surface area contributed by atoms with Gasteiger partial charge in [-0.05, 0) is 12.1 Å². The second kappa shape index (κ2) is 2.14. The molecule has 1 heterocycles. The van der Waals surface area contributed by atoms with Gasteiger partial charge in [-0.15, -0.1) is 0 Å². The lowest BCUT2D eigenvalue weighted by atomic mass is 10.3. The lowest BCUT2D eigenvalue weighted by Crippen LogP contribution is -2.01. The summed E-state index contributed by atoms with van der Waals surface area (Å²) in [5, 5.41) is 0. The Bertz CT molecular complexity index is 273. The van der Waals surface area contributed by atoms with E-state index in [1.807, 2.05) is 24.3 Å². The van der Waals surface area contributed by atoms with Crippen LogP contribution in [0.1, 0.15) is 1.43 Å². The number of ether oxygens (including phenoxy) is 1. The van der Waals surface area contributed by atoms with E-state index in [0.717, 1.165) is 11.4 Å². The van der Waals surface area contributed by atoms with Crippen LogP contribution < -0.4 is 4.74 Å². The van der Waals surface area contributed by atoms with Gasteiger partial charge >= 0.3 is 1.43 Å². The van der Waals surface area contributed by atoms with Gasteiger partial charge in [-0.1, -0.05) is 12.1 Å². The van der Waals surface area contributed by atoms with Crippen LogP contribution >= 0.6 is 0 Å². The molecule has 0 aromatic heterocycles. The minimum Gasteiger partial charge on any atom is -0.486 e. The van der Waals surface area contributed by atoms with E-state index in [0.29, 0.717) is 6.61 Å². The molecule has 1 aliphatic heterocycles. The van der Waals surface area contributed by atoms with Crippen molar-refractivity contribution in [1.82, 2.24) is 0 Å². The van der Waals surface area contributed by atoms with Crippen molar-refractivity contribution in [3.8, 4) is 5.75 Å². The van der Waals surface area contributed by atoms with Gasteiger partial charge in [0.15, 0.2) is 0 Å². The second-order valence-electron chi connectivity index (χ2n) is 2.09. The van der Waals surface area contributed by atoms with Gasteiger partial charge in [0.25, 0.3) is 0 Å². The largest absolute Gasteiger partial charge is 1.00 e. The minimum atomic E-state index is 0. The van der Waals surface area contributed by atoms with Crippen LogP contribution in [0.3, 0.4) is 0 Å². The van der Waals surface area contributed by atoms with E-state index >= 15 is 0 Å². The Morgan fingerprint density at radius 1 is 1.40 bits per heavy atom. The van der Waals surface area contributed by atoms with Crippen LogP contribution in [0.2, 0.25) is 0 Å². The molecule has 1 aromatic carbocycles. The summed E-state index contributed by atoms with van der Waals surface area (Å²) >= 11 is 0. The Hall–Kier alpha value is -1.31. The number of hydrogen-bond acceptors (Lipinski definition) is 2. The summed E-state index contributed by atoms with van der Waals surface area (Å²) in [5.74, 6) is 0.880. The molecule has 1 aliphatic rings. The summed E-state index contributed by atoms with van der Waals surface area (Å²) in [6, 6.07) is 7.75. The fourth-order valence-electron chi connectivity index (χ4n) is 0.949. The second-order valence-corrected chi connectivity index (χ2v) is 2.09. The molecule has 0 unspecified atom stereocenters. The van der Waals surface area contributed by atoms with Crippen LogP contribution in [-0.4, -0.2) is 12.8 Å². The Kier molecular flexibility index (Phi) is 1.17.